The van der Waals surface area contributed by atoms with E-state index in [4.69, 9.17) is 52.8 Å². The number of anilines is 3. The van der Waals surface area contributed by atoms with Crippen LogP contribution in [0.4, 0.5) is 40.3 Å². The molecule has 8 heterocycles. The lowest BCUT2D eigenvalue weighted by atomic mass is 10.1. The van der Waals surface area contributed by atoms with Crippen LogP contribution >= 0.6 is 12.2 Å². The van der Waals surface area contributed by atoms with Gasteiger partial charge in [-0.2, -0.15) is 19.9 Å². The molecule has 5 aromatic carbocycles. The van der Waals surface area contributed by atoms with Crippen LogP contribution in [0.2, 0.25) is 0 Å². The first-order valence-electron chi connectivity index (χ1n) is 29.6. The van der Waals surface area contributed by atoms with Crippen LogP contribution in [0.25, 0.3) is 44.1 Å². The van der Waals surface area contributed by atoms with E-state index in [0.717, 1.165) is 35.8 Å². The summed E-state index contributed by atoms with van der Waals surface area (Å²) in [6, 6.07) is 32.9. The van der Waals surface area contributed by atoms with Crippen LogP contribution in [-0.2, 0) is 11.2 Å². The third-order valence-corrected chi connectivity index (χ3v) is 13.4. The Morgan fingerprint density at radius 1 is 0.561 bits per heavy atom. The molecule has 31 heteroatoms. The van der Waals surface area contributed by atoms with Crippen molar-refractivity contribution in [2.24, 2.45) is 0 Å². The highest BCUT2D eigenvalue weighted by molar-refractivity contribution is 7.80. The molecule has 0 aliphatic rings. The van der Waals surface area contributed by atoms with Gasteiger partial charge in [-0.05, 0) is 126 Å². The van der Waals surface area contributed by atoms with Crippen LogP contribution in [-0.4, -0.2) is 98.3 Å². The van der Waals surface area contributed by atoms with E-state index in [1.807, 2.05) is 91.7 Å². The number of hydrogen-bond donors (Lipinski definition) is 8. The van der Waals surface area contributed by atoms with Gasteiger partial charge in [-0.1, -0.05) is 30.3 Å². The van der Waals surface area contributed by atoms with Gasteiger partial charge in [0.1, 0.15) is 47.4 Å². The Morgan fingerprint density at radius 2 is 0.959 bits per heavy atom. The Kier molecular flexibility index (Phi) is 24.7. The molecule has 13 rings (SSSR count). The molecule has 8 aromatic heterocycles. The molecule has 0 bridgehead atoms. The van der Waals surface area contributed by atoms with Gasteiger partial charge in [0.05, 0.1) is 39.5 Å². The lowest BCUT2D eigenvalue weighted by Gasteiger charge is -2.13. The van der Waals surface area contributed by atoms with E-state index in [0.29, 0.717) is 56.0 Å². The predicted octanol–water partition coefficient (Wildman–Crippen LogP) is 13.8. The van der Waals surface area contributed by atoms with Crippen LogP contribution in [0.1, 0.15) is 59.2 Å². The van der Waals surface area contributed by atoms with Crippen molar-refractivity contribution in [1.29, 1.82) is 0 Å². The number of fused-ring (bicyclic) bond motifs is 4. The second kappa shape index (κ2) is 33.8. The summed E-state index contributed by atoms with van der Waals surface area (Å²) >= 11 is 5.17. The van der Waals surface area contributed by atoms with E-state index in [2.05, 4.69) is 60.5 Å². The standard InChI is InChI=1S/C24H22FN5O2S.C15H15FN4O.C12H7FN4O3.C12H9FN4O.C3H8O.CH4O/c1-15(2)30-11-10-19-22(30)23(27-14-26-19)32-20-9-8-17(13-18(20)25)28-24(33)29-21(31)12-16-6-4-3-5-7-16;1-9(2)20-6-5-12-14(20)15(19-8-18-12)21-13-4-3-10(17)7-11(13)16;13-8-5-7(17(18)19)1-2-10(8)20-12-11-9(3-4-14-11)15-6-16-12;13-8-5-7(14)1-2-10(8)18-12-11-9(3-4-15-11)16-6-17-12;1-3(2)4;1-2/h3-11,13-15H,12H2,1-2H3,(H2,28,29,31,33);3-9H,17H2,1-2H3;1-6,14H;1-6,15H,14H2;3-4H,1-2H3;2H,1H3. The number of benzene rings is 5. The minimum atomic E-state index is -0.836. The monoisotopic (exact) mass is 1360 g/mol. The Balaban J connectivity index is 0.000000166. The second-order valence-corrected chi connectivity index (χ2v) is 21.8. The third-order valence-electron chi connectivity index (χ3n) is 13.2. The van der Waals surface area contributed by atoms with Gasteiger partial charge in [0.2, 0.25) is 29.4 Å². The molecule has 1 amide bonds. The normalized spacial score (nSPS) is 10.7. The van der Waals surface area contributed by atoms with E-state index in [-0.39, 0.29) is 82.0 Å². The quantitative estimate of drug-likeness (QED) is 0.0165. The molecule has 0 unspecified atom stereocenters. The van der Waals surface area contributed by atoms with Gasteiger partial charge in [0.25, 0.3) is 5.69 Å². The molecule has 13 aromatic rings. The highest BCUT2D eigenvalue weighted by Gasteiger charge is 2.20. The number of carbonyl (C=O) groups excluding carboxylic acids is 1. The number of H-pyrrole nitrogens is 2. The number of nitrogen functional groups attached to an aromatic ring is 2. The molecule has 0 spiro atoms. The van der Waals surface area contributed by atoms with E-state index < -0.39 is 28.2 Å². The van der Waals surface area contributed by atoms with E-state index in [9.17, 15) is 32.5 Å². The van der Waals surface area contributed by atoms with Crippen molar-refractivity contribution >= 4 is 90.1 Å². The van der Waals surface area contributed by atoms with Crippen LogP contribution in [0.5, 0.6) is 46.5 Å². The number of carbonyl (C=O) groups is 1. The zero-order valence-electron chi connectivity index (χ0n) is 53.4. The molecule has 506 valence electrons. The predicted molar refractivity (Wildman–Crippen MR) is 365 cm³/mol. The minimum absolute atomic E-state index is 0.0103. The largest absolute Gasteiger partial charge is 0.434 e. The number of rotatable bonds is 14. The fourth-order valence-corrected chi connectivity index (χ4v) is 9.10. The van der Waals surface area contributed by atoms with Crippen LogP contribution in [0, 0.1) is 33.4 Å². The van der Waals surface area contributed by atoms with Gasteiger partial charge in [-0.25, -0.2) is 37.5 Å². The second-order valence-electron chi connectivity index (χ2n) is 21.4. The number of aliphatic hydroxyl groups excluding tert-OH is 2. The number of nitro groups is 1. The number of aromatic nitrogens is 12. The Bertz CT molecular complexity index is 4860. The number of non-ortho nitro benzene ring substituents is 1. The molecule has 10 N–H and O–H groups in total. The fourth-order valence-electron chi connectivity index (χ4n) is 8.87. The Hall–Kier alpha value is -12.2. The van der Waals surface area contributed by atoms with Gasteiger partial charge in [0, 0.05) is 91.4 Å². The molecular formula is C67H65F4N17O9S. The summed E-state index contributed by atoms with van der Waals surface area (Å²) < 4.78 is 82.1. The van der Waals surface area contributed by atoms with Gasteiger partial charge in [-0.15, -0.1) is 0 Å². The maximum atomic E-state index is 14.8. The molecule has 0 saturated carbocycles. The molecule has 0 fully saturated rings. The molecule has 0 aliphatic heterocycles. The number of amides is 1. The molecule has 0 radical (unpaired) electrons. The lowest BCUT2D eigenvalue weighted by Crippen LogP contribution is -2.35. The summed E-state index contributed by atoms with van der Waals surface area (Å²) in [5, 5.41) is 31.1. The highest BCUT2D eigenvalue weighted by atomic mass is 32.1. The van der Waals surface area contributed by atoms with Gasteiger partial charge >= 0.3 is 0 Å². The van der Waals surface area contributed by atoms with Gasteiger partial charge in [0.15, 0.2) is 51.4 Å². The third kappa shape index (κ3) is 19.0. The number of aromatic amines is 2. The van der Waals surface area contributed by atoms with Crippen molar-refractivity contribution in [2.75, 3.05) is 23.9 Å². The number of nitro benzene ring substituents is 1. The maximum absolute atomic E-state index is 14.8. The summed E-state index contributed by atoms with van der Waals surface area (Å²) in [4.78, 5) is 60.5. The minimum Gasteiger partial charge on any atom is -0.434 e. The van der Waals surface area contributed by atoms with Gasteiger partial charge < -0.3 is 70.4 Å². The van der Waals surface area contributed by atoms with Crippen LogP contribution < -0.4 is 41.0 Å². The number of nitrogens with one attached hydrogen (secondary N) is 4. The van der Waals surface area contributed by atoms with Crippen molar-refractivity contribution in [3.63, 3.8) is 0 Å². The number of hydrogen-bond acceptors (Lipinski definition) is 20. The van der Waals surface area contributed by atoms with Crippen molar-refractivity contribution in [3.8, 4) is 46.5 Å². The molecule has 98 heavy (non-hydrogen) atoms. The number of nitrogens with two attached hydrogens (primary N) is 2. The maximum Gasteiger partial charge on any atom is 0.272 e. The fraction of sp³-hybridized carbons (Fsp3) is 0.164. The summed E-state index contributed by atoms with van der Waals surface area (Å²) in [6.07, 6.45) is 12.6. The smallest absolute Gasteiger partial charge is 0.272 e. The topological polar surface area (TPSA) is 358 Å². The number of halogens is 4. The van der Waals surface area contributed by atoms with Crippen molar-refractivity contribution < 1.29 is 56.4 Å². The number of ether oxygens (including phenoxy) is 4. The average molecular weight is 1360 g/mol. The van der Waals surface area contributed by atoms with E-state index >= 15 is 0 Å². The molecular weight excluding hydrogens is 1290 g/mol. The number of nitrogens with zero attached hydrogens (tertiary/aromatic N) is 11. The van der Waals surface area contributed by atoms with Crippen molar-refractivity contribution in [2.45, 2.75) is 66.2 Å². The zero-order valence-corrected chi connectivity index (χ0v) is 54.2. The van der Waals surface area contributed by atoms with Crippen molar-refractivity contribution in [1.82, 2.24) is 64.3 Å². The number of thiocarbonyl (C=S) groups is 1. The first kappa shape index (κ1) is 71.6. The highest BCUT2D eigenvalue weighted by Crippen LogP contribution is 2.35. The zero-order chi connectivity index (χ0) is 70.6. The lowest BCUT2D eigenvalue weighted by molar-refractivity contribution is -0.385. The summed E-state index contributed by atoms with van der Waals surface area (Å²) in [6.45, 7) is 11.6. The first-order chi connectivity index (χ1) is 47.1. The van der Waals surface area contributed by atoms with Crippen LogP contribution in [0.15, 0.2) is 177 Å². The summed E-state index contributed by atoms with van der Waals surface area (Å²) in [5.41, 5.74) is 18.0. The SMILES string of the molecule is CC(C)O.CC(C)n1ccc2ncnc(Oc3ccc(N)cc3F)c21.CC(C)n1ccc2ncnc(Oc3ccc(NC(=S)NC(=O)Cc4ccccc4)cc3F)c21.CO.Nc1ccc(Oc2ncnc3cc[nH]c23)c(F)c1.O=[N+]([O-])c1ccc(Oc2ncnc3cc[nH]c23)c(F)c1. The summed E-state index contributed by atoms with van der Waals surface area (Å²) in [7, 11) is 1.00. The van der Waals surface area contributed by atoms with Crippen molar-refractivity contribution in [3.05, 3.63) is 216 Å². The Morgan fingerprint density at radius 3 is 1.38 bits per heavy atom. The molecule has 0 aliphatic carbocycles. The van der Waals surface area contributed by atoms with E-state index in [1.165, 1.54) is 67.8 Å². The van der Waals surface area contributed by atoms with E-state index in [1.54, 1.807) is 56.6 Å². The molecule has 26 nitrogen and oxygen atoms in total. The van der Waals surface area contributed by atoms with Crippen LogP contribution in [0.3, 0.4) is 0 Å². The Labute approximate surface area is 561 Å². The first-order valence-corrected chi connectivity index (χ1v) is 30.0. The molecule has 0 saturated heterocycles. The van der Waals surface area contributed by atoms with Gasteiger partial charge in [-0.3, -0.25) is 14.9 Å². The summed E-state index contributed by atoms with van der Waals surface area (Å²) in [5.74, 6) is -1.74. The average Bonchev–Trinajstić information content (AvgIpc) is 1.64. The molecule has 0 atom stereocenters. The number of aliphatic hydroxyl groups is 2.